The van der Waals surface area contributed by atoms with E-state index in [0.29, 0.717) is 11.6 Å². The highest BCUT2D eigenvalue weighted by Crippen LogP contribution is 2.33. The maximum atomic E-state index is 9.57. The van der Waals surface area contributed by atoms with Gasteiger partial charge in [0.25, 0.3) is 0 Å². The van der Waals surface area contributed by atoms with Gasteiger partial charge in [-0.25, -0.2) is 4.98 Å². The molecule has 0 radical (unpaired) electrons. The largest absolute Gasteiger partial charge is 0.330 e. The second kappa shape index (κ2) is 7.52. The molecule has 0 bridgehead atoms. The summed E-state index contributed by atoms with van der Waals surface area (Å²) in [4.78, 5) is 4.70. The minimum absolute atomic E-state index is 0.469. The number of aryl methyl sites for hydroxylation is 1. The van der Waals surface area contributed by atoms with Crippen molar-refractivity contribution in [2.75, 3.05) is 13.2 Å². The van der Waals surface area contributed by atoms with Gasteiger partial charge >= 0.3 is 0 Å². The summed E-state index contributed by atoms with van der Waals surface area (Å²) < 4.78 is 2.18. The Hall–Kier alpha value is -2.94. The quantitative estimate of drug-likeness (QED) is 0.747. The molecular weight excluding hydrogens is 322 g/mol. The second-order valence-electron chi connectivity index (χ2n) is 6.48. The minimum atomic E-state index is 0.469. The van der Waals surface area contributed by atoms with Crippen molar-refractivity contribution in [3.63, 3.8) is 0 Å². The standard InChI is InChI=1S/C21H21N5/c22-12-17-8-4-5-9-19(17)21-20(16-6-2-1-3-7-16)25-15-26(21)11-10-18-13-23-14-24-18/h1-9,15,18,23-24H,10-11,13-14H2. The maximum absolute atomic E-state index is 9.57. The molecule has 2 heterocycles. The van der Waals surface area contributed by atoms with Crippen LogP contribution < -0.4 is 10.6 Å². The van der Waals surface area contributed by atoms with Crippen LogP contribution in [0.15, 0.2) is 60.9 Å². The normalized spacial score (nSPS) is 16.5. The first-order valence-electron chi connectivity index (χ1n) is 8.91. The molecular formula is C21H21N5. The Morgan fingerprint density at radius 1 is 1.12 bits per heavy atom. The molecule has 2 aromatic carbocycles. The molecule has 1 aliphatic heterocycles. The predicted octanol–water partition coefficient (Wildman–Crippen LogP) is 3.00. The molecule has 26 heavy (non-hydrogen) atoms. The van der Waals surface area contributed by atoms with Crippen molar-refractivity contribution in [3.05, 3.63) is 66.5 Å². The van der Waals surface area contributed by atoms with Gasteiger partial charge in [-0.05, 0) is 12.5 Å². The van der Waals surface area contributed by atoms with E-state index in [2.05, 4.69) is 33.4 Å². The van der Waals surface area contributed by atoms with E-state index in [-0.39, 0.29) is 0 Å². The van der Waals surface area contributed by atoms with E-state index in [1.807, 2.05) is 48.8 Å². The molecule has 1 atom stereocenters. The molecule has 0 aliphatic carbocycles. The zero-order valence-electron chi connectivity index (χ0n) is 14.5. The summed E-state index contributed by atoms with van der Waals surface area (Å²) in [5.74, 6) is 0. The van der Waals surface area contributed by atoms with Crippen LogP contribution in [0.5, 0.6) is 0 Å². The van der Waals surface area contributed by atoms with Gasteiger partial charge in [0.1, 0.15) is 0 Å². The summed E-state index contributed by atoms with van der Waals surface area (Å²) in [6, 6.07) is 20.7. The zero-order chi connectivity index (χ0) is 17.8. The number of imidazole rings is 1. The topological polar surface area (TPSA) is 65.7 Å². The summed E-state index contributed by atoms with van der Waals surface area (Å²) in [6.07, 6.45) is 2.91. The molecule has 5 nitrogen and oxygen atoms in total. The van der Waals surface area contributed by atoms with Crippen LogP contribution in [0.3, 0.4) is 0 Å². The fourth-order valence-corrected chi connectivity index (χ4v) is 3.46. The number of nitrogens with zero attached hydrogens (tertiary/aromatic N) is 3. The van der Waals surface area contributed by atoms with E-state index in [0.717, 1.165) is 48.7 Å². The van der Waals surface area contributed by atoms with Gasteiger partial charge in [-0.3, -0.25) is 0 Å². The van der Waals surface area contributed by atoms with Crippen molar-refractivity contribution in [1.82, 2.24) is 20.2 Å². The van der Waals surface area contributed by atoms with Crippen LogP contribution in [-0.2, 0) is 6.54 Å². The third kappa shape index (κ3) is 3.25. The average molecular weight is 343 g/mol. The number of benzene rings is 2. The molecule has 5 heteroatoms. The van der Waals surface area contributed by atoms with Crippen LogP contribution in [0, 0.1) is 11.3 Å². The van der Waals surface area contributed by atoms with Crippen molar-refractivity contribution in [2.24, 2.45) is 0 Å². The van der Waals surface area contributed by atoms with Crippen LogP contribution in [0.25, 0.3) is 22.5 Å². The smallest absolute Gasteiger partial charge is 0.0998 e. The van der Waals surface area contributed by atoms with Crippen molar-refractivity contribution in [2.45, 2.75) is 19.0 Å². The van der Waals surface area contributed by atoms with E-state index in [4.69, 9.17) is 4.98 Å². The lowest BCUT2D eigenvalue weighted by molar-refractivity contribution is 0.523. The highest BCUT2D eigenvalue weighted by Gasteiger charge is 2.19. The molecule has 1 saturated heterocycles. The molecule has 1 aliphatic rings. The first kappa shape index (κ1) is 16.5. The summed E-state index contributed by atoms with van der Waals surface area (Å²) in [7, 11) is 0. The van der Waals surface area contributed by atoms with Crippen molar-refractivity contribution >= 4 is 0 Å². The summed E-state index contributed by atoms with van der Waals surface area (Å²) in [6.45, 7) is 2.71. The average Bonchev–Trinajstić information content (AvgIpc) is 3.36. The number of aromatic nitrogens is 2. The molecule has 4 rings (SSSR count). The Morgan fingerprint density at radius 3 is 2.69 bits per heavy atom. The number of hydrogen-bond acceptors (Lipinski definition) is 4. The van der Waals surface area contributed by atoms with E-state index < -0.39 is 0 Å². The highest BCUT2D eigenvalue weighted by molar-refractivity contribution is 5.81. The molecule has 130 valence electrons. The number of rotatable bonds is 5. The Labute approximate surface area is 153 Å². The molecule has 2 N–H and O–H groups in total. The van der Waals surface area contributed by atoms with Gasteiger partial charge in [0.15, 0.2) is 0 Å². The first-order valence-corrected chi connectivity index (χ1v) is 8.91. The van der Waals surface area contributed by atoms with Crippen molar-refractivity contribution in [1.29, 1.82) is 5.26 Å². The number of nitriles is 1. The van der Waals surface area contributed by atoms with Gasteiger partial charge in [0.2, 0.25) is 0 Å². The van der Waals surface area contributed by atoms with E-state index in [9.17, 15) is 5.26 Å². The molecule has 1 unspecified atom stereocenters. The van der Waals surface area contributed by atoms with Crippen molar-refractivity contribution < 1.29 is 0 Å². The van der Waals surface area contributed by atoms with Gasteiger partial charge in [-0.15, -0.1) is 0 Å². The molecule has 3 aromatic rings. The Kier molecular flexibility index (Phi) is 4.78. The minimum Gasteiger partial charge on any atom is -0.330 e. The zero-order valence-corrected chi connectivity index (χ0v) is 14.5. The Bertz CT molecular complexity index is 917. The van der Waals surface area contributed by atoms with E-state index in [1.165, 1.54) is 0 Å². The van der Waals surface area contributed by atoms with E-state index >= 15 is 0 Å². The first-order chi connectivity index (χ1) is 12.9. The fourth-order valence-electron chi connectivity index (χ4n) is 3.46. The van der Waals surface area contributed by atoms with Crippen LogP contribution >= 0.6 is 0 Å². The van der Waals surface area contributed by atoms with Gasteiger partial charge in [-0.1, -0.05) is 48.5 Å². The molecule has 0 amide bonds. The monoisotopic (exact) mass is 343 g/mol. The van der Waals surface area contributed by atoms with Crippen LogP contribution in [0.2, 0.25) is 0 Å². The Balaban J connectivity index is 1.77. The SMILES string of the molecule is N#Cc1ccccc1-c1c(-c2ccccc2)ncn1CCC1CNCN1. The number of nitrogens with one attached hydrogen (secondary N) is 2. The molecule has 0 spiro atoms. The van der Waals surface area contributed by atoms with Crippen LogP contribution in [0.1, 0.15) is 12.0 Å². The maximum Gasteiger partial charge on any atom is 0.0998 e. The van der Waals surface area contributed by atoms with Gasteiger partial charge < -0.3 is 15.2 Å². The lowest BCUT2D eigenvalue weighted by Crippen LogP contribution is -2.25. The fraction of sp³-hybridized carbons (Fsp3) is 0.238. The third-order valence-electron chi connectivity index (χ3n) is 4.81. The van der Waals surface area contributed by atoms with Crippen molar-refractivity contribution in [3.8, 4) is 28.6 Å². The van der Waals surface area contributed by atoms with E-state index in [1.54, 1.807) is 0 Å². The predicted molar refractivity (Wildman–Crippen MR) is 102 cm³/mol. The lowest BCUT2D eigenvalue weighted by atomic mass is 10.0. The number of hydrogen-bond donors (Lipinski definition) is 2. The molecule has 1 fully saturated rings. The summed E-state index contributed by atoms with van der Waals surface area (Å²) in [5.41, 5.74) is 4.61. The molecule has 1 aromatic heterocycles. The molecule has 0 saturated carbocycles. The second-order valence-corrected chi connectivity index (χ2v) is 6.48. The Morgan fingerprint density at radius 2 is 1.92 bits per heavy atom. The van der Waals surface area contributed by atoms with Gasteiger partial charge in [0.05, 0.1) is 29.3 Å². The van der Waals surface area contributed by atoms with Crippen LogP contribution in [-0.4, -0.2) is 28.8 Å². The third-order valence-corrected chi connectivity index (χ3v) is 4.81. The van der Waals surface area contributed by atoms with Crippen LogP contribution in [0.4, 0.5) is 0 Å². The lowest BCUT2D eigenvalue weighted by Gasteiger charge is -2.14. The summed E-state index contributed by atoms with van der Waals surface area (Å²) in [5, 5.41) is 16.3. The van der Waals surface area contributed by atoms with Gasteiger partial charge in [-0.2, -0.15) is 5.26 Å². The highest BCUT2D eigenvalue weighted by atomic mass is 15.2. The summed E-state index contributed by atoms with van der Waals surface area (Å²) >= 11 is 0. The van der Waals surface area contributed by atoms with Gasteiger partial charge in [0, 0.05) is 36.9 Å².